The van der Waals surface area contributed by atoms with E-state index in [1.54, 1.807) is 12.1 Å². The minimum atomic E-state index is -0.382. The van der Waals surface area contributed by atoms with Crippen LogP contribution in [-0.4, -0.2) is 53.2 Å². The molecule has 24 heavy (non-hydrogen) atoms. The molecule has 6 nitrogen and oxygen atoms in total. The highest BCUT2D eigenvalue weighted by molar-refractivity contribution is 7.12. The molecule has 0 bridgehead atoms. The summed E-state index contributed by atoms with van der Waals surface area (Å²) in [5.74, 6) is 0.189. The lowest BCUT2D eigenvalue weighted by atomic mass is 10.1. The summed E-state index contributed by atoms with van der Waals surface area (Å²) in [5.41, 5.74) is 1.19. The smallest absolute Gasteiger partial charge is 0.269 e. The van der Waals surface area contributed by atoms with E-state index in [9.17, 15) is 14.9 Å². The molecule has 0 N–H and O–H groups in total. The molecule has 0 amide bonds. The summed E-state index contributed by atoms with van der Waals surface area (Å²) in [6.07, 6.45) is 0. The third-order valence-corrected chi connectivity index (χ3v) is 5.09. The number of benzene rings is 1. The first-order valence-corrected chi connectivity index (χ1v) is 8.74. The van der Waals surface area contributed by atoms with Crippen LogP contribution in [0.3, 0.4) is 0 Å². The van der Waals surface area contributed by atoms with Crippen LogP contribution in [0.4, 0.5) is 5.69 Å². The van der Waals surface area contributed by atoms with E-state index < -0.39 is 0 Å². The number of nitro benzene ring substituents is 1. The van der Waals surface area contributed by atoms with Crippen LogP contribution in [0.5, 0.6) is 0 Å². The predicted octanol–water partition coefficient (Wildman–Crippen LogP) is 2.66. The Morgan fingerprint density at radius 1 is 1.08 bits per heavy atom. The monoisotopic (exact) mass is 345 g/mol. The van der Waals surface area contributed by atoms with Gasteiger partial charge in [-0.2, -0.15) is 0 Å². The van der Waals surface area contributed by atoms with Crippen molar-refractivity contribution in [3.8, 4) is 0 Å². The number of non-ortho nitro benzene ring substituents is 1. The number of carbonyl (C=O) groups is 1. The molecular formula is C17H19N3O3S. The molecule has 0 radical (unpaired) electrons. The van der Waals surface area contributed by atoms with E-state index >= 15 is 0 Å². The van der Waals surface area contributed by atoms with E-state index in [-0.39, 0.29) is 16.4 Å². The van der Waals surface area contributed by atoms with Crippen molar-refractivity contribution in [1.82, 2.24) is 9.80 Å². The van der Waals surface area contributed by atoms with Gasteiger partial charge in [0.2, 0.25) is 0 Å². The Balaban J connectivity index is 1.46. The fraction of sp³-hybridized carbons (Fsp3) is 0.353. The lowest BCUT2D eigenvalue weighted by Crippen LogP contribution is -2.47. The Morgan fingerprint density at radius 3 is 2.33 bits per heavy atom. The van der Waals surface area contributed by atoms with Crippen LogP contribution in [-0.2, 0) is 6.54 Å². The number of Topliss-reactive ketones (excluding diaryl/α,β-unsaturated/α-hetero) is 1. The van der Waals surface area contributed by atoms with E-state index in [0.29, 0.717) is 6.54 Å². The molecule has 1 fully saturated rings. The van der Waals surface area contributed by atoms with Gasteiger partial charge in [0.05, 0.1) is 16.3 Å². The van der Waals surface area contributed by atoms with Gasteiger partial charge in [0.25, 0.3) is 5.69 Å². The van der Waals surface area contributed by atoms with Crippen LogP contribution in [0.15, 0.2) is 41.8 Å². The predicted molar refractivity (Wildman–Crippen MR) is 93.5 cm³/mol. The molecule has 1 aromatic carbocycles. The minimum Gasteiger partial charge on any atom is -0.297 e. The fourth-order valence-electron chi connectivity index (χ4n) is 2.81. The summed E-state index contributed by atoms with van der Waals surface area (Å²) in [7, 11) is 0. The standard InChI is InChI=1S/C17H19N3O3S/c21-16(17-2-1-11-24-17)13-19-9-7-18(8-10-19)12-14-3-5-15(6-4-14)20(22)23/h1-6,11H,7-10,12-13H2. The maximum Gasteiger partial charge on any atom is 0.269 e. The second-order valence-corrected chi connectivity index (χ2v) is 6.82. The number of thiophene rings is 1. The first-order valence-electron chi connectivity index (χ1n) is 7.86. The Kier molecular flexibility index (Phi) is 5.34. The first kappa shape index (κ1) is 16.8. The quantitative estimate of drug-likeness (QED) is 0.457. The molecule has 7 heteroatoms. The van der Waals surface area contributed by atoms with Crippen molar-refractivity contribution in [3.63, 3.8) is 0 Å². The summed E-state index contributed by atoms with van der Waals surface area (Å²) in [6.45, 7) is 4.79. The first-order chi connectivity index (χ1) is 11.6. The van der Waals surface area contributed by atoms with Gasteiger partial charge < -0.3 is 0 Å². The molecule has 0 atom stereocenters. The molecule has 0 aliphatic carbocycles. The Labute approximate surface area is 144 Å². The van der Waals surface area contributed by atoms with Crippen LogP contribution in [0.1, 0.15) is 15.2 Å². The minimum absolute atomic E-state index is 0.121. The van der Waals surface area contributed by atoms with E-state index in [0.717, 1.165) is 43.2 Å². The summed E-state index contributed by atoms with van der Waals surface area (Å²) in [5, 5.41) is 12.6. The highest BCUT2D eigenvalue weighted by Gasteiger charge is 2.20. The van der Waals surface area contributed by atoms with Crippen LogP contribution in [0.2, 0.25) is 0 Å². The molecule has 1 aliphatic heterocycles. The molecule has 3 rings (SSSR count). The molecule has 0 saturated carbocycles. The summed E-state index contributed by atoms with van der Waals surface area (Å²) in [4.78, 5) is 27.8. The largest absolute Gasteiger partial charge is 0.297 e. The van der Waals surface area contributed by atoms with Crippen molar-refractivity contribution >= 4 is 22.8 Å². The second-order valence-electron chi connectivity index (χ2n) is 5.88. The molecule has 126 valence electrons. The Bertz CT molecular complexity index is 692. The summed E-state index contributed by atoms with van der Waals surface area (Å²) in [6, 6.07) is 10.5. The van der Waals surface area contributed by atoms with Crippen molar-refractivity contribution in [1.29, 1.82) is 0 Å². The average molecular weight is 345 g/mol. The Morgan fingerprint density at radius 2 is 1.75 bits per heavy atom. The van der Waals surface area contributed by atoms with Gasteiger partial charge in [0.1, 0.15) is 0 Å². The fourth-order valence-corrected chi connectivity index (χ4v) is 3.46. The van der Waals surface area contributed by atoms with Gasteiger partial charge in [-0.1, -0.05) is 18.2 Å². The van der Waals surface area contributed by atoms with E-state index in [2.05, 4.69) is 9.80 Å². The molecule has 0 unspecified atom stereocenters. The number of hydrogen-bond acceptors (Lipinski definition) is 6. The zero-order valence-corrected chi connectivity index (χ0v) is 14.1. The topological polar surface area (TPSA) is 66.7 Å². The van der Waals surface area contributed by atoms with Crippen molar-refractivity contribution in [3.05, 3.63) is 62.3 Å². The molecule has 1 saturated heterocycles. The lowest BCUT2D eigenvalue weighted by Gasteiger charge is -2.34. The third-order valence-electron chi connectivity index (χ3n) is 4.18. The maximum absolute atomic E-state index is 12.1. The number of nitrogens with zero attached hydrogens (tertiary/aromatic N) is 3. The highest BCUT2D eigenvalue weighted by atomic mass is 32.1. The van der Waals surface area contributed by atoms with Gasteiger partial charge in [0, 0.05) is 44.9 Å². The van der Waals surface area contributed by atoms with Gasteiger partial charge in [-0.25, -0.2) is 0 Å². The zero-order valence-electron chi connectivity index (χ0n) is 13.3. The van der Waals surface area contributed by atoms with Gasteiger partial charge >= 0.3 is 0 Å². The zero-order chi connectivity index (χ0) is 16.9. The second kappa shape index (κ2) is 7.65. The van der Waals surface area contributed by atoms with Crippen LogP contribution < -0.4 is 0 Å². The van der Waals surface area contributed by atoms with Crippen molar-refractivity contribution < 1.29 is 9.72 Å². The molecule has 2 heterocycles. The number of nitro groups is 1. The number of piperazine rings is 1. The van der Waals surface area contributed by atoms with Crippen molar-refractivity contribution in [2.24, 2.45) is 0 Å². The number of rotatable bonds is 6. The SMILES string of the molecule is O=C(CN1CCN(Cc2ccc([N+](=O)[O-])cc2)CC1)c1cccs1. The van der Waals surface area contributed by atoms with Crippen LogP contribution >= 0.6 is 11.3 Å². The highest BCUT2D eigenvalue weighted by Crippen LogP contribution is 2.15. The number of ketones is 1. The lowest BCUT2D eigenvalue weighted by molar-refractivity contribution is -0.384. The van der Waals surface area contributed by atoms with Crippen LogP contribution in [0, 0.1) is 10.1 Å². The summed E-state index contributed by atoms with van der Waals surface area (Å²) >= 11 is 1.49. The van der Waals surface area contributed by atoms with Gasteiger partial charge in [0.15, 0.2) is 5.78 Å². The summed E-state index contributed by atoms with van der Waals surface area (Å²) < 4.78 is 0. The Hall–Kier alpha value is -2.09. The third kappa shape index (κ3) is 4.25. The van der Waals surface area contributed by atoms with E-state index in [4.69, 9.17) is 0 Å². The van der Waals surface area contributed by atoms with E-state index in [1.165, 1.54) is 11.3 Å². The van der Waals surface area contributed by atoms with Gasteiger partial charge in [-0.3, -0.25) is 24.7 Å². The average Bonchev–Trinajstić information content (AvgIpc) is 3.12. The number of carbonyl (C=O) groups excluding carboxylic acids is 1. The van der Waals surface area contributed by atoms with Crippen molar-refractivity contribution in [2.75, 3.05) is 32.7 Å². The number of hydrogen-bond donors (Lipinski definition) is 0. The van der Waals surface area contributed by atoms with E-state index in [1.807, 2.05) is 29.6 Å². The molecule has 2 aromatic rings. The normalized spacial score (nSPS) is 16.2. The molecular weight excluding hydrogens is 326 g/mol. The van der Waals surface area contributed by atoms with Gasteiger partial charge in [-0.15, -0.1) is 11.3 Å². The molecule has 0 spiro atoms. The maximum atomic E-state index is 12.1. The molecule has 1 aromatic heterocycles. The van der Waals surface area contributed by atoms with Crippen LogP contribution in [0.25, 0.3) is 0 Å². The van der Waals surface area contributed by atoms with Gasteiger partial charge in [-0.05, 0) is 17.0 Å². The van der Waals surface area contributed by atoms with Crippen molar-refractivity contribution in [2.45, 2.75) is 6.54 Å². The molecule has 1 aliphatic rings.